The van der Waals surface area contributed by atoms with Crippen molar-refractivity contribution in [2.75, 3.05) is 36.4 Å². The van der Waals surface area contributed by atoms with Gasteiger partial charge in [0.15, 0.2) is 5.82 Å². The van der Waals surface area contributed by atoms with Crippen LogP contribution in [-0.2, 0) is 4.79 Å². The van der Waals surface area contributed by atoms with Gasteiger partial charge in [0.1, 0.15) is 11.6 Å². The standard InChI is InChI=1S/C19H25FN4O2/c1-3-17(19(25)21-18-13-14(2)26-22-18)24-10-4-9-23(11-12-24)16-7-5-15(20)6-8-16/h5-8,13,17H,3-4,9-12H2,1-2H3,(H,21,22,25). The van der Waals surface area contributed by atoms with Crippen LogP contribution in [0.3, 0.4) is 0 Å². The van der Waals surface area contributed by atoms with Crippen LogP contribution in [0, 0.1) is 12.7 Å². The molecule has 0 aliphatic carbocycles. The van der Waals surface area contributed by atoms with Gasteiger partial charge in [-0.05, 0) is 44.0 Å². The van der Waals surface area contributed by atoms with E-state index in [1.54, 1.807) is 13.0 Å². The molecule has 1 saturated heterocycles. The summed E-state index contributed by atoms with van der Waals surface area (Å²) < 4.78 is 18.1. The fourth-order valence-corrected chi connectivity index (χ4v) is 3.40. The highest BCUT2D eigenvalue weighted by molar-refractivity contribution is 5.94. The van der Waals surface area contributed by atoms with Crippen LogP contribution in [0.5, 0.6) is 0 Å². The van der Waals surface area contributed by atoms with E-state index in [1.807, 2.05) is 19.1 Å². The molecule has 0 bridgehead atoms. The molecule has 1 aromatic carbocycles. The quantitative estimate of drug-likeness (QED) is 0.888. The number of hydrogen-bond acceptors (Lipinski definition) is 5. The van der Waals surface area contributed by atoms with Gasteiger partial charge in [0.2, 0.25) is 5.91 Å². The Morgan fingerprint density at radius 1 is 1.27 bits per heavy atom. The van der Waals surface area contributed by atoms with E-state index in [9.17, 15) is 9.18 Å². The van der Waals surface area contributed by atoms with Gasteiger partial charge in [0, 0.05) is 37.9 Å². The molecule has 140 valence electrons. The summed E-state index contributed by atoms with van der Waals surface area (Å²) in [6.07, 6.45) is 1.67. The molecule has 2 aromatic rings. The molecule has 2 heterocycles. The fourth-order valence-electron chi connectivity index (χ4n) is 3.40. The summed E-state index contributed by atoms with van der Waals surface area (Å²) in [4.78, 5) is 17.1. The van der Waals surface area contributed by atoms with Gasteiger partial charge in [-0.15, -0.1) is 0 Å². The lowest BCUT2D eigenvalue weighted by Gasteiger charge is -2.29. The summed E-state index contributed by atoms with van der Waals surface area (Å²) in [6.45, 7) is 7.13. The molecule has 1 aromatic heterocycles. The van der Waals surface area contributed by atoms with Crippen molar-refractivity contribution in [3.8, 4) is 0 Å². The highest BCUT2D eigenvalue weighted by Gasteiger charge is 2.27. The Morgan fingerprint density at radius 3 is 2.69 bits per heavy atom. The average molecular weight is 360 g/mol. The van der Waals surface area contributed by atoms with Crippen LogP contribution < -0.4 is 10.2 Å². The van der Waals surface area contributed by atoms with Crippen LogP contribution in [0.4, 0.5) is 15.9 Å². The van der Waals surface area contributed by atoms with Gasteiger partial charge in [-0.2, -0.15) is 0 Å². The molecule has 1 atom stereocenters. The third kappa shape index (κ3) is 4.40. The lowest BCUT2D eigenvalue weighted by atomic mass is 10.1. The summed E-state index contributed by atoms with van der Waals surface area (Å²) in [6, 6.07) is 8.09. The van der Waals surface area contributed by atoms with E-state index in [-0.39, 0.29) is 17.8 Å². The molecular formula is C19H25FN4O2. The summed E-state index contributed by atoms with van der Waals surface area (Å²) in [7, 11) is 0. The van der Waals surface area contributed by atoms with Gasteiger partial charge in [-0.25, -0.2) is 4.39 Å². The van der Waals surface area contributed by atoms with Gasteiger partial charge >= 0.3 is 0 Å². The maximum Gasteiger partial charge on any atom is 0.242 e. The Bertz CT molecular complexity index is 731. The van der Waals surface area contributed by atoms with Crippen LogP contribution in [0.15, 0.2) is 34.9 Å². The highest BCUT2D eigenvalue weighted by atomic mass is 19.1. The first-order valence-electron chi connectivity index (χ1n) is 9.05. The second-order valence-electron chi connectivity index (χ2n) is 6.59. The van der Waals surface area contributed by atoms with Gasteiger partial charge in [0.05, 0.1) is 6.04 Å². The van der Waals surface area contributed by atoms with Crippen molar-refractivity contribution in [1.82, 2.24) is 10.1 Å². The Labute approximate surface area is 152 Å². The average Bonchev–Trinajstić information content (AvgIpc) is 2.89. The first-order valence-corrected chi connectivity index (χ1v) is 9.05. The molecule has 1 fully saturated rings. The number of carbonyl (C=O) groups is 1. The second-order valence-corrected chi connectivity index (χ2v) is 6.59. The van der Waals surface area contributed by atoms with Gasteiger partial charge in [-0.1, -0.05) is 12.1 Å². The van der Waals surface area contributed by atoms with Crippen molar-refractivity contribution in [1.29, 1.82) is 0 Å². The number of carbonyl (C=O) groups excluding carboxylic acids is 1. The Morgan fingerprint density at radius 2 is 2.04 bits per heavy atom. The third-order valence-electron chi connectivity index (χ3n) is 4.73. The smallest absolute Gasteiger partial charge is 0.242 e. The van der Waals surface area contributed by atoms with Crippen molar-refractivity contribution < 1.29 is 13.7 Å². The largest absolute Gasteiger partial charge is 0.370 e. The van der Waals surface area contributed by atoms with Crippen LogP contribution >= 0.6 is 0 Å². The fraction of sp³-hybridized carbons (Fsp3) is 0.474. The first kappa shape index (κ1) is 18.4. The number of halogens is 1. The van der Waals surface area contributed by atoms with Gasteiger partial charge in [0.25, 0.3) is 0 Å². The van der Waals surface area contributed by atoms with Crippen molar-refractivity contribution in [2.45, 2.75) is 32.7 Å². The summed E-state index contributed by atoms with van der Waals surface area (Å²) in [5.74, 6) is 0.832. The molecule has 6 nitrogen and oxygen atoms in total. The first-order chi connectivity index (χ1) is 12.6. The van der Waals surface area contributed by atoms with E-state index in [1.165, 1.54) is 12.1 Å². The molecule has 26 heavy (non-hydrogen) atoms. The number of nitrogens with one attached hydrogen (secondary N) is 1. The lowest BCUT2D eigenvalue weighted by molar-refractivity contribution is -0.121. The third-order valence-corrected chi connectivity index (χ3v) is 4.73. The number of aryl methyl sites for hydroxylation is 1. The summed E-state index contributed by atoms with van der Waals surface area (Å²) in [5.41, 5.74) is 1.02. The number of rotatable bonds is 5. The topological polar surface area (TPSA) is 61.6 Å². The van der Waals surface area contributed by atoms with Crippen LogP contribution in [0.2, 0.25) is 0 Å². The lowest BCUT2D eigenvalue weighted by Crippen LogP contribution is -2.45. The number of aromatic nitrogens is 1. The highest BCUT2D eigenvalue weighted by Crippen LogP contribution is 2.19. The minimum atomic E-state index is -0.226. The van der Waals surface area contributed by atoms with E-state index in [0.29, 0.717) is 11.6 Å². The zero-order chi connectivity index (χ0) is 18.5. The van der Waals surface area contributed by atoms with E-state index >= 15 is 0 Å². The van der Waals surface area contributed by atoms with Crippen molar-refractivity contribution >= 4 is 17.4 Å². The molecule has 1 N–H and O–H groups in total. The maximum atomic E-state index is 13.1. The number of benzene rings is 1. The second kappa shape index (κ2) is 8.31. The molecule has 0 saturated carbocycles. The van der Waals surface area contributed by atoms with Gasteiger partial charge < -0.3 is 14.7 Å². The Hall–Kier alpha value is -2.41. The summed E-state index contributed by atoms with van der Waals surface area (Å²) >= 11 is 0. The van der Waals surface area contributed by atoms with Crippen LogP contribution in [0.25, 0.3) is 0 Å². The number of hydrogen-bond donors (Lipinski definition) is 1. The van der Waals surface area contributed by atoms with E-state index < -0.39 is 0 Å². The minimum Gasteiger partial charge on any atom is -0.370 e. The predicted molar refractivity (Wildman–Crippen MR) is 98.8 cm³/mol. The molecule has 0 spiro atoms. The Balaban J connectivity index is 1.62. The number of nitrogens with zero attached hydrogens (tertiary/aromatic N) is 3. The summed E-state index contributed by atoms with van der Waals surface area (Å²) in [5, 5.41) is 6.67. The van der Waals surface area contributed by atoms with E-state index in [4.69, 9.17) is 4.52 Å². The van der Waals surface area contributed by atoms with Crippen molar-refractivity contribution in [2.24, 2.45) is 0 Å². The molecule has 1 aliphatic rings. The number of anilines is 2. The molecule has 3 rings (SSSR count). The predicted octanol–water partition coefficient (Wildman–Crippen LogP) is 3.05. The van der Waals surface area contributed by atoms with E-state index in [2.05, 4.69) is 20.3 Å². The van der Waals surface area contributed by atoms with Crippen LogP contribution in [-0.4, -0.2) is 48.2 Å². The molecule has 1 unspecified atom stereocenters. The molecular weight excluding hydrogens is 335 g/mol. The van der Waals surface area contributed by atoms with Crippen LogP contribution in [0.1, 0.15) is 25.5 Å². The molecule has 7 heteroatoms. The SMILES string of the molecule is CCC(C(=O)Nc1cc(C)on1)N1CCCN(c2ccc(F)cc2)CC1. The van der Waals surface area contributed by atoms with E-state index in [0.717, 1.165) is 44.7 Å². The minimum absolute atomic E-state index is 0.0592. The van der Waals surface area contributed by atoms with Crippen molar-refractivity contribution in [3.05, 3.63) is 41.9 Å². The zero-order valence-corrected chi connectivity index (χ0v) is 15.2. The zero-order valence-electron chi connectivity index (χ0n) is 15.2. The molecule has 1 aliphatic heterocycles. The Kier molecular flexibility index (Phi) is 5.88. The monoisotopic (exact) mass is 360 g/mol. The van der Waals surface area contributed by atoms with Gasteiger partial charge in [-0.3, -0.25) is 9.69 Å². The van der Waals surface area contributed by atoms with Crippen molar-refractivity contribution in [3.63, 3.8) is 0 Å². The number of amides is 1. The normalized spacial score (nSPS) is 17.0. The molecule has 1 amide bonds. The maximum absolute atomic E-state index is 13.1. The molecule has 0 radical (unpaired) electrons.